The van der Waals surface area contributed by atoms with Crippen molar-refractivity contribution < 1.29 is 14.4 Å². The van der Waals surface area contributed by atoms with Crippen LogP contribution in [0.4, 0.5) is 0 Å². The summed E-state index contributed by atoms with van der Waals surface area (Å²) >= 11 is 0. The van der Waals surface area contributed by atoms with Crippen LogP contribution in [0.2, 0.25) is 0 Å². The van der Waals surface area contributed by atoms with Crippen LogP contribution in [0.1, 0.15) is 23.8 Å². The molecule has 13 heavy (non-hydrogen) atoms. The smallest absolute Gasteiger partial charge is 0.273 e. The normalized spacial score (nSPS) is 12.5. The highest BCUT2D eigenvalue weighted by molar-refractivity contribution is 5.92. The number of aromatic nitrogens is 1. The molecule has 0 aliphatic heterocycles. The van der Waals surface area contributed by atoms with Crippen molar-refractivity contribution in [1.29, 1.82) is 0 Å². The Morgan fingerprint density at radius 2 is 2.62 bits per heavy atom. The predicted octanol–water partition coefficient (Wildman–Crippen LogP) is 0.175. The maximum Gasteiger partial charge on any atom is 0.273 e. The number of carbonyl (C=O) groups excluding carboxylic acids is 1. The topological polar surface area (TPSA) is 75.4 Å². The minimum atomic E-state index is -0.324. The summed E-state index contributed by atoms with van der Waals surface area (Å²) in [5.41, 5.74) is 0.229. The van der Waals surface area contributed by atoms with Crippen molar-refractivity contribution >= 4 is 5.91 Å². The van der Waals surface area contributed by atoms with Gasteiger partial charge >= 0.3 is 0 Å². The van der Waals surface area contributed by atoms with Gasteiger partial charge in [-0.2, -0.15) is 0 Å². The predicted molar refractivity (Wildman–Crippen MR) is 45.1 cm³/mol. The van der Waals surface area contributed by atoms with E-state index in [4.69, 9.17) is 5.11 Å². The summed E-state index contributed by atoms with van der Waals surface area (Å²) in [6, 6.07) is 1.25. The third kappa shape index (κ3) is 2.55. The molecular formula is C8H12N2O3. The lowest BCUT2D eigenvalue weighted by atomic mass is 10.2. The van der Waals surface area contributed by atoms with Gasteiger partial charge in [0.2, 0.25) is 0 Å². The van der Waals surface area contributed by atoms with E-state index in [-0.39, 0.29) is 24.2 Å². The number of nitrogens with zero attached hydrogens (tertiary/aromatic N) is 1. The minimum Gasteiger partial charge on any atom is -0.394 e. The summed E-state index contributed by atoms with van der Waals surface area (Å²) in [4.78, 5) is 11.3. The van der Waals surface area contributed by atoms with Crippen molar-refractivity contribution in [2.24, 2.45) is 0 Å². The molecule has 0 fully saturated rings. The van der Waals surface area contributed by atoms with Crippen LogP contribution in [0.15, 0.2) is 16.9 Å². The summed E-state index contributed by atoms with van der Waals surface area (Å²) in [5.74, 6) is -0.324. The van der Waals surface area contributed by atoms with E-state index < -0.39 is 0 Å². The third-order valence-electron chi connectivity index (χ3n) is 1.72. The molecule has 1 heterocycles. The average molecular weight is 184 g/mol. The first-order chi connectivity index (χ1) is 6.27. The molecule has 1 aromatic rings. The summed E-state index contributed by atoms with van der Waals surface area (Å²) in [6.45, 7) is 1.81. The Morgan fingerprint density at radius 3 is 3.08 bits per heavy atom. The summed E-state index contributed by atoms with van der Waals surface area (Å²) in [7, 11) is 0. The van der Waals surface area contributed by atoms with Crippen LogP contribution >= 0.6 is 0 Å². The Morgan fingerprint density at radius 1 is 1.85 bits per heavy atom. The first-order valence-electron chi connectivity index (χ1n) is 4.10. The fourth-order valence-electron chi connectivity index (χ4n) is 0.866. The molecule has 1 rings (SSSR count). The Kier molecular flexibility index (Phi) is 3.45. The van der Waals surface area contributed by atoms with Crippen LogP contribution in [-0.2, 0) is 0 Å². The van der Waals surface area contributed by atoms with E-state index in [1.54, 1.807) is 0 Å². The van der Waals surface area contributed by atoms with Crippen LogP contribution < -0.4 is 5.32 Å². The molecule has 0 aliphatic carbocycles. The van der Waals surface area contributed by atoms with Gasteiger partial charge in [0.15, 0.2) is 5.69 Å². The number of hydrogen-bond acceptors (Lipinski definition) is 4. The molecule has 1 aromatic heterocycles. The van der Waals surface area contributed by atoms with Crippen LogP contribution in [0.3, 0.4) is 0 Å². The van der Waals surface area contributed by atoms with Crippen molar-refractivity contribution in [1.82, 2.24) is 10.5 Å². The number of amides is 1. The Balaban J connectivity index is 2.50. The van der Waals surface area contributed by atoms with Crippen molar-refractivity contribution in [3.8, 4) is 0 Å². The van der Waals surface area contributed by atoms with Gasteiger partial charge in [-0.25, -0.2) is 0 Å². The second kappa shape index (κ2) is 4.61. The average Bonchev–Trinajstić information content (AvgIpc) is 2.66. The van der Waals surface area contributed by atoms with Gasteiger partial charge in [-0.3, -0.25) is 4.79 Å². The molecule has 0 aliphatic rings. The van der Waals surface area contributed by atoms with E-state index in [0.29, 0.717) is 6.42 Å². The van der Waals surface area contributed by atoms with Crippen LogP contribution in [0.25, 0.3) is 0 Å². The maximum atomic E-state index is 11.3. The molecule has 0 spiro atoms. The third-order valence-corrected chi connectivity index (χ3v) is 1.72. The van der Waals surface area contributed by atoms with Crippen molar-refractivity contribution in [3.05, 3.63) is 18.0 Å². The first-order valence-corrected chi connectivity index (χ1v) is 4.10. The largest absolute Gasteiger partial charge is 0.394 e. The number of aliphatic hydroxyl groups is 1. The monoisotopic (exact) mass is 184 g/mol. The second-order valence-corrected chi connectivity index (χ2v) is 2.65. The summed E-state index contributed by atoms with van der Waals surface area (Å²) < 4.78 is 4.51. The Labute approximate surface area is 75.7 Å². The fourth-order valence-corrected chi connectivity index (χ4v) is 0.866. The van der Waals surface area contributed by atoms with E-state index in [1.165, 1.54) is 12.3 Å². The first kappa shape index (κ1) is 9.73. The molecule has 72 valence electrons. The number of rotatable bonds is 4. The quantitative estimate of drug-likeness (QED) is 0.699. The van der Waals surface area contributed by atoms with Gasteiger partial charge in [0, 0.05) is 6.07 Å². The zero-order valence-electron chi connectivity index (χ0n) is 7.36. The molecule has 0 aromatic carbocycles. The number of hydrogen-bond donors (Lipinski definition) is 2. The van der Waals surface area contributed by atoms with Gasteiger partial charge in [-0.1, -0.05) is 12.1 Å². The zero-order valence-corrected chi connectivity index (χ0v) is 7.36. The van der Waals surface area contributed by atoms with Gasteiger partial charge in [0.25, 0.3) is 5.91 Å². The van der Waals surface area contributed by atoms with E-state index in [0.717, 1.165) is 0 Å². The van der Waals surface area contributed by atoms with Crippen LogP contribution in [0.5, 0.6) is 0 Å². The zero-order chi connectivity index (χ0) is 9.68. The van der Waals surface area contributed by atoms with Crippen LogP contribution in [-0.4, -0.2) is 28.8 Å². The molecule has 0 unspecified atom stereocenters. The molecule has 0 radical (unpaired) electrons. The lowest BCUT2D eigenvalue weighted by Crippen LogP contribution is -2.37. The lowest BCUT2D eigenvalue weighted by molar-refractivity contribution is 0.0906. The van der Waals surface area contributed by atoms with Crippen LogP contribution in [0, 0.1) is 0 Å². The van der Waals surface area contributed by atoms with E-state index >= 15 is 0 Å². The molecule has 2 N–H and O–H groups in total. The van der Waals surface area contributed by atoms with E-state index in [2.05, 4.69) is 15.0 Å². The fraction of sp³-hybridized carbons (Fsp3) is 0.500. The van der Waals surface area contributed by atoms with Crippen molar-refractivity contribution in [2.45, 2.75) is 19.4 Å². The van der Waals surface area contributed by atoms with Gasteiger partial charge in [-0.15, -0.1) is 0 Å². The maximum absolute atomic E-state index is 11.3. The number of aliphatic hydroxyl groups excluding tert-OH is 1. The highest BCUT2D eigenvalue weighted by Crippen LogP contribution is 1.96. The lowest BCUT2D eigenvalue weighted by Gasteiger charge is -2.11. The summed E-state index contributed by atoms with van der Waals surface area (Å²) in [6.07, 6.45) is 2.01. The van der Waals surface area contributed by atoms with E-state index in [9.17, 15) is 4.79 Å². The number of nitrogens with one attached hydrogen (secondary N) is 1. The molecular weight excluding hydrogens is 172 g/mol. The SMILES string of the molecule is CC[C@H](CO)NC(=O)c1ccon1. The molecule has 1 amide bonds. The van der Waals surface area contributed by atoms with Gasteiger partial charge in [-0.05, 0) is 6.42 Å². The Bertz CT molecular complexity index is 254. The van der Waals surface area contributed by atoms with Gasteiger partial charge < -0.3 is 14.9 Å². The highest BCUT2D eigenvalue weighted by Gasteiger charge is 2.12. The van der Waals surface area contributed by atoms with Gasteiger partial charge in [0.05, 0.1) is 12.6 Å². The molecule has 0 saturated carbocycles. The highest BCUT2D eigenvalue weighted by atomic mass is 16.5. The Hall–Kier alpha value is -1.36. The molecule has 0 saturated heterocycles. The standard InChI is InChI=1S/C8H12N2O3/c1-2-6(5-11)9-8(12)7-3-4-13-10-7/h3-4,6,11H,2,5H2,1H3,(H,9,12)/t6-/m1/s1. The second-order valence-electron chi connectivity index (χ2n) is 2.65. The minimum absolute atomic E-state index is 0.0694. The molecule has 0 bridgehead atoms. The van der Waals surface area contributed by atoms with E-state index in [1.807, 2.05) is 6.92 Å². The number of carbonyl (C=O) groups is 1. The summed E-state index contributed by atoms with van der Waals surface area (Å²) in [5, 5.41) is 14.9. The molecule has 5 nitrogen and oxygen atoms in total. The van der Waals surface area contributed by atoms with Gasteiger partial charge in [0.1, 0.15) is 6.26 Å². The van der Waals surface area contributed by atoms with Crippen molar-refractivity contribution in [3.63, 3.8) is 0 Å². The molecule has 5 heteroatoms. The molecule has 1 atom stereocenters. The van der Waals surface area contributed by atoms with Crippen molar-refractivity contribution in [2.75, 3.05) is 6.61 Å².